The lowest BCUT2D eigenvalue weighted by molar-refractivity contribution is -0.0189. The van der Waals surface area contributed by atoms with Crippen molar-refractivity contribution in [3.05, 3.63) is 0 Å². The molecule has 68 valence electrons. The normalized spacial score (nSPS) is 62.5. The third-order valence-corrected chi connectivity index (χ3v) is 4.45. The molecule has 0 aromatic carbocycles. The maximum Gasteiger partial charge on any atom is 0.0315 e. The summed E-state index contributed by atoms with van der Waals surface area (Å²) in [6, 6.07) is 0.310. The van der Waals surface area contributed by atoms with E-state index in [-0.39, 0.29) is 5.54 Å². The van der Waals surface area contributed by atoms with Crippen LogP contribution in [-0.2, 0) is 0 Å². The first kappa shape index (κ1) is 7.34. The van der Waals surface area contributed by atoms with Gasteiger partial charge in [0, 0.05) is 11.6 Å². The molecule has 0 heterocycles. The Hall–Kier alpha value is -0.0800. The Morgan fingerprint density at radius 1 is 1.00 bits per heavy atom. The Morgan fingerprint density at radius 2 is 1.58 bits per heavy atom. The standard InChI is InChI=1S/C10H18N2/c11-9-8-2-6-1-7(3-8)5-10(9,12)4-6/h6-9H,1-5,11-12H2/t6-,7+,8?,9-,10?/m0/s1. The molecule has 4 bridgehead atoms. The van der Waals surface area contributed by atoms with Crippen molar-refractivity contribution in [2.45, 2.75) is 43.7 Å². The Kier molecular flexibility index (Phi) is 1.25. The number of nitrogens with two attached hydrogens (primary N) is 2. The van der Waals surface area contributed by atoms with Gasteiger partial charge in [0.25, 0.3) is 0 Å². The molecule has 4 N–H and O–H groups in total. The molecule has 2 unspecified atom stereocenters. The molecule has 5 atom stereocenters. The van der Waals surface area contributed by atoms with Crippen LogP contribution in [0, 0.1) is 17.8 Å². The van der Waals surface area contributed by atoms with Crippen LogP contribution in [0.2, 0.25) is 0 Å². The highest BCUT2D eigenvalue weighted by atomic mass is 14.9. The fourth-order valence-corrected chi connectivity index (χ4v) is 4.14. The quantitative estimate of drug-likeness (QED) is 0.560. The highest BCUT2D eigenvalue weighted by Gasteiger charge is 2.53. The van der Waals surface area contributed by atoms with Crippen molar-refractivity contribution in [2.24, 2.45) is 29.2 Å². The van der Waals surface area contributed by atoms with E-state index in [0.29, 0.717) is 6.04 Å². The SMILES string of the molecule is N[C@H]1C2C[C@@H]3C[C@H](C2)CC1(N)C3. The average molecular weight is 166 g/mol. The smallest absolute Gasteiger partial charge is 0.0315 e. The van der Waals surface area contributed by atoms with Crippen molar-refractivity contribution in [3.63, 3.8) is 0 Å². The van der Waals surface area contributed by atoms with Crippen LogP contribution in [0.25, 0.3) is 0 Å². The predicted octanol–water partition coefficient (Wildman–Crippen LogP) is 0.851. The summed E-state index contributed by atoms with van der Waals surface area (Å²) in [5.41, 5.74) is 12.6. The molecule has 2 nitrogen and oxygen atoms in total. The van der Waals surface area contributed by atoms with Crippen LogP contribution >= 0.6 is 0 Å². The highest BCUT2D eigenvalue weighted by molar-refractivity contribution is 5.11. The van der Waals surface area contributed by atoms with Crippen LogP contribution in [-0.4, -0.2) is 11.6 Å². The largest absolute Gasteiger partial charge is 0.326 e. The van der Waals surface area contributed by atoms with E-state index in [1.165, 1.54) is 32.1 Å². The van der Waals surface area contributed by atoms with Gasteiger partial charge in [0.2, 0.25) is 0 Å². The Bertz CT molecular complexity index is 200. The van der Waals surface area contributed by atoms with Gasteiger partial charge >= 0.3 is 0 Å². The van der Waals surface area contributed by atoms with E-state index < -0.39 is 0 Å². The molecule has 0 saturated heterocycles. The van der Waals surface area contributed by atoms with E-state index in [2.05, 4.69) is 0 Å². The molecular formula is C10H18N2. The van der Waals surface area contributed by atoms with Crippen LogP contribution in [0.5, 0.6) is 0 Å². The van der Waals surface area contributed by atoms with Gasteiger partial charge in [-0.15, -0.1) is 0 Å². The lowest BCUT2D eigenvalue weighted by Gasteiger charge is -2.58. The van der Waals surface area contributed by atoms with Gasteiger partial charge in [-0.05, 0) is 49.9 Å². The first-order valence-corrected chi connectivity index (χ1v) is 5.22. The zero-order valence-electron chi connectivity index (χ0n) is 7.50. The maximum atomic E-state index is 6.34. The van der Waals surface area contributed by atoms with Crippen molar-refractivity contribution >= 4 is 0 Å². The molecule has 0 radical (unpaired) electrons. The zero-order chi connectivity index (χ0) is 8.34. The van der Waals surface area contributed by atoms with Gasteiger partial charge in [-0.1, -0.05) is 0 Å². The van der Waals surface area contributed by atoms with Crippen LogP contribution in [0.15, 0.2) is 0 Å². The molecule has 4 aliphatic carbocycles. The monoisotopic (exact) mass is 166 g/mol. The van der Waals surface area contributed by atoms with Gasteiger partial charge < -0.3 is 11.5 Å². The minimum atomic E-state index is 0.0365. The van der Waals surface area contributed by atoms with Crippen molar-refractivity contribution < 1.29 is 0 Å². The predicted molar refractivity (Wildman–Crippen MR) is 48.4 cm³/mol. The van der Waals surface area contributed by atoms with Gasteiger partial charge in [-0.2, -0.15) is 0 Å². The molecule has 0 aromatic heterocycles. The topological polar surface area (TPSA) is 52.0 Å². The van der Waals surface area contributed by atoms with E-state index in [1.807, 2.05) is 0 Å². The fraction of sp³-hybridized carbons (Fsp3) is 1.00. The van der Waals surface area contributed by atoms with Gasteiger partial charge in [-0.25, -0.2) is 0 Å². The summed E-state index contributed by atoms with van der Waals surface area (Å²) < 4.78 is 0. The minimum Gasteiger partial charge on any atom is -0.326 e. The lowest BCUT2D eigenvalue weighted by atomic mass is 9.51. The van der Waals surface area contributed by atoms with Crippen LogP contribution in [0.1, 0.15) is 32.1 Å². The van der Waals surface area contributed by atoms with Gasteiger partial charge in [0.1, 0.15) is 0 Å². The summed E-state index contributed by atoms with van der Waals surface area (Å²) in [4.78, 5) is 0. The van der Waals surface area contributed by atoms with Crippen LogP contribution < -0.4 is 11.5 Å². The molecule has 0 aromatic rings. The summed E-state index contributed by atoms with van der Waals surface area (Å²) in [5, 5.41) is 0. The van der Waals surface area contributed by atoms with Gasteiger partial charge in [0.05, 0.1) is 0 Å². The summed E-state index contributed by atoms with van der Waals surface area (Å²) in [6.45, 7) is 0. The van der Waals surface area contributed by atoms with Crippen molar-refractivity contribution in [1.82, 2.24) is 0 Å². The molecule has 2 heteroatoms. The van der Waals surface area contributed by atoms with Gasteiger partial charge in [0.15, 0.2) is 0 Å². The highest BCUT2D eigenvalue weighted by Crippen LogP contribution is 2.53. The van der Waals surface area contributed by atoms with Crippen molar-refractivity contribution in [1.29, 1.82) is 0 Å². The van der Waals surface area contributed by atoms with Crippen molar-refractivity contribution in [2.75, 3.05) is 0 Å². The number of hydrogen-bond acceptors (Lipinski definition) is 2. The molecule has 0 amide bonds. The Balaban J connectivity index is 1.97. The lowest BCUT2D eigenvalue weighted by Crippen LogP contribution is -2.68. The number of rotatable bonds is 0. The molecule has 4 rings (SSSR count). The molecule has 4 saturated carbocycles. The molecule has 12 heavy (non-hydrogen) atoms. The molecule has 0 spiro atoms. The second kappa shape index (κ2) is 2.05. The first-order valence-electron chi connectivity index (χ1n) is 5.22. The minimum absolute atomic E-state index is 0.0365. The summed E-state index contributed by atoms with van der Waals surface area (Å²) in [5.74, 6) is 2.61. The Morgan fingerprint density at radius 3 is 2.08 bits per heavy atom. The van der Waals surface area contributed by atoms with E-state index in [1.54, 1.807) is 0 Å². The third kappa shape index (κ3) is 0.775. The average Bonchev–Trinajstić information content (AvgIpc) is 1.98. The number of hydrogen-bond donors (Lipinski definition) is 2. The van der Waals surface area contributed by atoms with Crippen LogP contribution in [0.3, 0.4) is 0 Å². The van der Waals surface area contributed by atoms with Crippen molar-refractivity contribution in [3.8, 4) is 0 Å². The molecule has 4 fully saturated rings. The first-order chi connectivity index (χ1) is 5.67. The fourth-order valence-electron chi connectivity index (χ4n) is 4.14. The van der Waals surface area contributed by atoms with E-state index in [9.17, 15) is 0 Å². The second-order valence-corrected chi connectivity index (χ2v) is 5.37. The third-order valence-electron chi connectivity index (χ3n) is 4.45. The molecule has 4 aliphatic rings. The van der Waals surface area contributed by atoms with E-state index >= 15 is 0 Å². The summed E-state index contributed by atoms with van der Waals surface area (Å²) >= 11 is 0. The second-order valence-electron chi connectivity index (χ2n) is 5.37. The zero-order valence-corrected chi connectivity index (χ0v) is 7.50. The molecule has 0 aliphatic heterocycles. The molecular weight excluding hydrogens is 148 g/mol. The van der Waals surface area contributed by atoms with Crippen LogP contribution in [0.4, 0.5) is 0 Å². The van der Waals surface area contributed by atoms with Gasteiger partial charge in [-0.3, -0.25) is 0 Å². The summed E-state index contributed by atoms with van der Waals surface area (Å²) in [6.07, 6.45) is 6.61. The maximum absolute atomic E-state index is 6.34. The van der Waals surface area contributed by atoms with E-state index in [4.69, 9.17) is 11.5 Å². The summed E-state index contributed by atoms with van der Waals surface area (Å²) in [7, 11) is 0. The van der Waals surface area contributed by atoms with E-state index in [0.717, 1.165) is 17.8 Å². The Labute approximate surface area is 73.7 Å².